The molecule has 2 aromatic carbocycles. The zero-order chi connectivity index (χ0) is 22.6. The number of pyridine rings is 1. The Balaban J connectivity index is 1.29. The summed E-state index contributed by atoms with van der Waals surface area (Å²) in [5.41, 5.74) is 1.64. The Kier molecular flexibility index (Phi) is 5.93. The predicted octanol–water partition coefficient (Wildman–Crippen LogP) is 4.27. The van der Waals surface area contributed by atoms with Crippen molar-refractivity contribution in [3.8, 4) is 0 Å². The lowest BCUT2D eigenvalue weighted by Crippen LogP contribution is -2.46. The minimum atomic E-state index is -0.224. The van der Waals surface area contributed by atoms with Crippen LogP contribution in [0.15, 0.2) is 77.5 Å². The number of nitrogens with one attached hydrogen (secondary N) is 1. The van der Waals surface area contributed by atoms with E-state index < -0.39 is 0 Å². The highest BCUT2D eigenvalue weighted by molar-refractivity contribution is 6.01. The third kappa shape index (κ3) is 4.67. The number of nitrogens with zero attached hydrogens (tertiary/aromatic N) is 3. The van der Waals surface area contributed by atoms with Gasteiger partial charge in [-0.1, -0.05) is 6.07 Å². The van der Waals surface area contributed by atoms with Gasteiger partial charge in [-0.15, -0.1) is 0 Å². The van der Waals surface area contributed by atoms with E-state index in [1.165, 1.54) is 12.1 Å². The van der Waals surface area contributed by atoms with Crippen molar-refractivity contribution < 1.29 is 13.6 Å². The first-order valence-corrected chi connectivity index (χ1v) is 11.1. The van der Waals surface area contributed by atoms with Crippen LogP contribution < -0.4 is 15.1 Å². The van der Waals surface area contributed by atoms with Crippen LogP contribution >= 0.6 is 0 Å². The monoisotopic (exact) mass is 444 g/mol. The summed E-state index contributed by atoms with van der Waals surface area (Å²) >= 11 is 0. The first-order valence-electron chi connectivity index (χ1n) is 11.1. The summed E-state index contributed by atoms with van der Waals surface area (Å²) in [5, 5.41) is 4.98. The second-order valence-corrected chi connectivity index (χ2v) is 8.11. The molecular formula is C26H25FN4O2. The van der Waals surface area contributed by atoms with Crippen molar-refractivity contribution in [3.63, 3.8) is 0 Å². The summed E-state index contributed by atoms with van der Waals surface area (Å²) in [6, 6.07) is 18.1. The van der Waals surface area contributed by atoms with E-state index in [-0.39, 0.29) is 11.7 Å². The van der Waals surface area contributed by atoms with Gasteiger partial charge >= 0.3 is 0 Å². The van der Waals surface area contributed by atoms with Gasteiger partial charge in [0.2, 0.25) is 0 Å². The lowest BCUT2D eigenvalue weighted by atomic mass is 10.1. The van der Waals surface area contributed by atoms with Crippen LogP contribution in [-0.2, 0) is 6.42 Å². The van der Waals surface area contributed by atoms with Crippen molar-refractivity contribution >= 4 is 28.2 Å². The molecular weight excluding hydrogens is 419 g/mol. The van der Waals surface area contributed by atoms with Crippen LogP contribution in [0.3, 0.4) is 0 Å². The highest BCUT2D eigenvalue weighted by Crippen LogP contribution is 2.27. The second-order valence-electron chi connectivity index (χ2n) is 8.11. The largest absolute Gasteiger partial charge is 0.469 e. The number of hydrogen-bond acceptors (Lipinski definition) is 5. The number of furan rings is 1. The topological polar surface area (TPSA) is 61.6 Å². The van der Waals surface area contributed by atoms with Crippen LogP contribution in [0.1, 0.15) is 16.1 Å². The fraction of sp³-hybridized carbons (Fsp3) is 0.231. The van der Waals surface area contributed by atoms with Gasteiger partial charge in [0.1, 0.15) is 17.4 Å². The molecule has 0 bridgehead atoms. The lowest BCUT2D eigenvalue weighted by Gasteiger charge is -2.37. The molecule has 1 aliphatic rings. The molecule has 0 saturated carbocycles. The van der Waals surface area contributed by atoms with Crippen LogP contribution in [0.2, 0.25) is 0 Å². The van der Waals surface area contributed by atoms with Crippen molar-refractivity contribution in [1.82, 2.24) is 10.3 Å². The molecule has 0 atom stereocenters. The molecule has 5 rings (SSSR count). The fourth-order valence-electron chi connectivity index (χ4n) is 4.23. The van der Waals surface area contributed by atoms with Gasteiger partial charge in [-0.2, -0.15) is 0 Å². The second kappa shape index (κ2) is 9.32. The van der Waals surface area contributed by atoms with Crippen LogP contribution in [0.4, 0.5) is 15.9 Å². The predicted molar refractivity (Wildman–Crippen MR) is 127 cm³/mol. The SMILES string of the molecule is O=C(NCCc1ccco1)c1ccc2ccnc(N3CCN(c4ccc(F)cc4)CC3)c2c1. The number of carbonyl (C=O) groups is 1. The van der Waals surface area contributed by atoms with Gasteiger partial charge in [0.25, 0.3) is 5.91 Å². The first kappa shape index (κ1) is 21.0. The molecule has 2 aromatic heterocycles. The van der Waals surface area contributed by atoms with Gasteiger partial charge in [0, 0.05) is 62.0 Å². The van der Waals surface area contributed by atoms with E-state index >= 15 is 0 Å². The zero-order valence-electron chi connectivity index (χ0n) is 18.2. The molecule has 4 aromatic rings. The first-order chi connectivity index (χ1) is 16.2. The molecule has 33 heavy (non-hydrogen) atoms. The van der Waals surface area contributed by atoms with Crippen LogP contribution in [0.5, 0.6) is 0 Å². The van der Waals surface area contributed by atoms with E-state index in [1.54, 1.807) is 6.26 Å². The number of anilines is 2. The van der Waals surface area contributed by atoms with Gasteiger partial charge < -0.3 is 19.5 Å². The Labute approximate surface area is 191 Å². The zero-order valence-corrected chi connectivity index (χ0v) is 18.2. The van der Waals surface area contributed by atoms with E-state index in [4.69, 9.17) is 4.42 Å². The molecule has 6 nitrogen and oxygen atoms in total. The summed E-state index contributed by atoms with van der Waals surface area (Å²) in [6.07, 6.45) is 4.10. The molecule has 1 N–H and O–H groups in total. The number of hydrogen-bond donors (Lipinski definition) is 1. The van der Waals surface area contributed by atoms with E-state index in [9.17, 15) is 9.18 Å². The summed E-state index contributed by atoms with van der Waals surface area (Å²) in [7, 11) is 0. The number of benzene rings is 2. The fourth-order valence-corrected chi connectivity index (χ4v) is 4.23. The lowest BCUT2D eigenvalue weighted by molar-refractivity contribution is 0.0954. The van der Waals surface area contributed by atoms with Crippen molar-refractivity contribution in [2.24, 2.45) is 0 Å². The quantitative estimate of drug-likeness (QED) is 0.481. The van der Waals surface area contributed by atoms with E-state index in [2.05, 4.69) is 20.1 Å². The molecule has 0 unspecified atom stereocenters. The molecule has 7 heteroatoms. The summed E-state index contributed by atoms with van der Waals surface area (Å²) < 4.78 is 18.6. The van der Waals surface area contributed by atoms with Gasteiger partial charge in [0.05, 0.1) is 6.26 Å². The maximum atomic E-state index is 13.2. The van der Waals surface area contributed by atoms with E-state index in [0.29, 0.717) is 18.5 Å². The van der Waals surface area contributed by atoms with E-state index in [0.717, 1.165) is 54.2 Å². The van der Waals surface area contributed by atoms with Gasteiger partial charge in [-0.25, -0.2) is 9.37 Å². The van der Waals surface area contributed by atoms with Crippen LogP contribution in [0, 0.1) is 5.82 Å². The van der Waals surface area contributed by atoms with Crippen LogP contribution in [0.25, 0.3) is 10.8 Å². The van der Waals surface area contributed by atoms with Crippen LogP contribution in [-0.4, -0.2) is 43.6 Å². The highest BCUT2D eigenvalue weighted by Gasteiger charge is 2.20. The number of fused-ring (bicyclic) bond motifs is 1. The minimum Gasteiger partial charge on any atom is -0.469 e. The number of rotatable bonds is 6. The Morgan fingerprint density at radius 1 is 1.00 bits per heavy atom. The van der Waals surface area contributed by atoms with Gasteiger partial charge in [-0.05, 0) is 60.0 Å². The smallest absolute Gasteiger partial charge is 0.251 e. The Morgan fingerprint density at radius 3 is 2.55 bits per heavy atom. The van der Waals surface area contributed by atoms with Gasteiger partial charge in [-0.3, -0.25) is 4.79 Å². The Hall–Kier alpha value is -3.87. The summed E-state index contributed by atoms with van der Waals surface area (Å²) in [4.78, 5) is 21.9. The molecule has 0 radical (unpaired) electrons. The maximum absolute atomic E-state index is 13.2. The Morgan fingerprint density at radius 2 is 1.79 bits per heavy atom. The molecule has 1 fully saturated rings. The number of aromatic nitrogens is 1. The average Bonchev–Trinajstić information content (AvgIpc) is 3.37. The normalized spacial score (nSPS) is 14.0. The number of halogens is 1. The number of carbonyl (C=O) groups excluding carboxylic acids is 1. The minimum absolute atomic E-state index is 0.112. The molecule has 0 aliphatic carbocycles. The third-order valence-electron chi connectivity index (χ3n) is 6.02. The van der Waals surface area contributed by atoms with E-state index in [1.807, 2.05) is 54.7 Å². The van der Waals surface area contributed by atoms with Crippen molar-refractivity contribution in [3.05, 3.63) is 90.3 Å². The van der Waals surface area contributed by atoms with Gasteiger partial charge in [0.15, 0.2) is 0 Å². The molecule has 3 heterocycles. The maximum Gasteiger partial charge on any atom is 0.251 e. The molecule has 0 spiro atoms. The van der Waals surface area contributed by atoms with Crippen molar-refractivity contribution in [2.45, 2.75) is 6.42 Å². The molecule has 1 amide bonds. The molecule has 1 aliphatic heterocycles. The average molecular weight is 445 g/mol. The molecule has 1 saturated heterocycles. The number of amides is 1. The third-order valence-corrected chi connectivity index (χ3v) is 6.02. The highest BCUT2D eigenvalue weighted by atomic mass is 19.1. The Bertz CT molecular complexity index is 1230. The number of piperazine rings is 1. The summed E-state index contributed by atoms with van der Waals surface area (Å²) in [6.45, 7) is 3.73. The van der Waals surface area contributed by atoms with Crippen molar-refractivity contribution in [2.75, 3.05) is 42.5 Å². The van der Waals surface area contributed by atoms with Crippen molar-refractivity contribution in [1.29, 1.82) is 0 Å². The molecule has 168 valence electrons. The summed E-state index contributed by atoms with van der Waals surface area (Å²) in [5.74, 6) is 1.40. The standard InChI is InChI=1S/C26H25FN4O2/c27-21-5-7-22(8-6-21)30-13-15-31(16-14-30)25-24-18-20(4-3-19(24)9-11-28-25)26(32)29-12-10-23-2-1-17-33-23/h1-9,11,17-18H,10,12-16H2,(H,29,32).